The van der Waals surface area contributed by atoms with E-state index >= 15 is 0 Å². The quantitative estimate of drug-likeness (QED) is 0.439. The van der Waals surface area contributed by atoms with Gasteiger partial charge in [-0.2, -0.15) is 0 Å². The molecule has 7 heteroatoms. The molecule has 7 nitrogen and oxygen atoms in total. The number of ether oxygens (including phenoxy) is 2. The van der Waals surface area contributed by atoms with E-state index < -0.39 is 5.91 Å². The highest BCUT2D eigenvalue weighted by molar-refractivity contribution is 6.01. The molecule has 2 N–H and O–H groups in total. The SMILES string of the molecule is COc1cc2c(Oc3cc4cccnc4nc3-c3ccccc3)ccnc2cc1C(N)=O. The van der Waals surface area contributed by atoms with Crippen LogP contribution in [0, 0.1) is 0 Å². The van der Waals surface area contributed by atoms with Crippen LogP contribution in [0.1, 0.15) is 10.4 Å². The normalized spacial score (nSPS) is 10.9. The molecule has 3 heterocycles. The lowest BCUT2D eigenvalue weighted by Crippen LogP contribution is -2.12. The van der Waals surface area contributed by atoms with Gasteiger partial charge in [0.05, 0.1) is 18.2 Å². The second-order valence-corrected chi connectivity index (χ2v) is 7.10. The zero-order valence-electron chi connectivity index (χ0n) is 17.1. The van der Waals surface area contributed by atoms with Crippen LogP contribution in [-0.2, 0) is 0 Å². The molecule has 5 aromatic rings. The summed E-state index contributed by atoms with van der Waals surface area (Å²) in [5, 5.41) is 1.54. The molecule has 0 bridgehead atoms. The molecule has 0 fully saturated rings. The van der Waals surface area contributed by atoms with Gasteiger partial charge < -0.3 is 15.2 Å². The van der Waals surface area contributed by atoms with E-state index in [2.05, 4.69) is 9.97 Å². The Kier molecular flexibility index (Phi) is 4.84. The number of hydrogen-bond donors (Lipinski definition) is 1. The monoisotopic (exact) mass is 422 g/mol. The Hall–Kier alpha value is -4.52. The van der Waals surface area contributed by atoms with Gasteiger partial charge in [-0.05, 0) is 36.4 Å². The van der Waals surface area contributed by atoms with Crippen LogP contribution in [-0.4, -0.2) is 28.0 Å². The number of carbonyl (C=O) groups excluding carboxylic acids is 1. The van der Waals surface area contributed by atoms with Gasteiger partial charge in [-0.25, -0.2) is 9.97 Å². The minimum atomic E-state index is -0.588. The first kappa shape index (κ1) is 19.4. The largest absolute Gasteiger partial charge is 0.496 e. The molecule has 0 aliphatic heterocycles. The van der Waals surface area contributed by atoms with Crippen LogP contribution < -0.4 is 15.2 Å². The third-order valence-corrected chi connectivity index (χ3v) is 5.11. The number of nitrogens with two attached hydrogens (primary N) is 1. The van der Waals surface area contributed by atoms with Crippen molar-refractivity contribution >= 4 is 27.8 Å². The van der Waals surface area contributed by atoms with E-state index in [1.165, 1.54) is 7.11 Å². The van der Waals surface area contributed by atoms with Crippen molar-refractivity contribution in [3.8, 4) is 28.5 Å². The van der Waals surface area contributed by atoms with Gasteiger partial charge in [0.2, 0.25) is 0 Å². The molecule has 0 radical (unpaired) electrons. The van der Waals surface area contributed by atoms with Crippen molar-refractivity contribution in [3.63, 3.8) is 0 Å². The number of benzene rings is 2. The molecule has 2 aromatic carbocycles. The summed E-state index contributed by atoms with van der Waals surface area (Å²) in [6.07, 6.45) is 3.33. The number of fused-ring (bicyclic) bond motifs is 2. The van der Waals surface area contributed by atoms with E-state index in [4.69, 9.17) is 20.2 Å². The maximum absolute atomic E-state index is 11.8. The molecule has 1 amide bonds. The highest BCUT2D eigenvalue weighted by Gasteiger charge is 2.17. The number of aromatic nitrogens is 3. The van der Waals surface area contributed by atoms with Gasteiger partial charge >= 0.3 is 0 Å². The third-order valence-electron chi connectivity index (χ3n) is 5.11. The summed E-state index contributed by atoms with van der Waals surface area (Å²) in [5.74, 6) is 0.884. The maximum Gasteiger partial charge on any atom is 0.252 e. The topological polar surface area (TPSA) is 100 Å². The highest BCUT2D eigenvalue weighted by atomic mass is 16.5. The van der Waals surface area contributed by atoms with Crippen molar-refractivity contribution in [2.24, 2.45) is 5.73 Å². The molecule has 0 unspecified atom stereocenters. The first-order valence-corrected chi connectivity index (χ1v) is 9.89. The van der Waals surface area contributed by atoms with E-state index in [1.54, 1.807) is 30.6 Å². The second kappa shape index (κ2) is 7.96. The molecule has 0 saturated heterocycles. The highest BCUT2D eigenvalue weighted by Crippen LogP contribution is 2.38. The number of methoxy groups -OCH3 is 1. The summed E-state index contributed by atoms with van der Waals surface area (Å²) in [4.78, 5) is 25.3. The fraction of sp³-hybridized carbons (Fsp3) is 0.0400. The predicted molar refractivity (Wildman–Crippen MR) is 122 cm³/mol. The molecular weight excluding hydrogens is 404 g/mol. The van der Waals surface area contributed by atoms with Gasteiger partial charge in [0.15, 0.2) is 11.4 Å². The van der Waals surface area contributed by atoms with Gasteiger partial charge in [0, 0.05) is 28.7 Å². The Morgan fingerprint density at radius 2 is 1.72 bits per heavy atom. The summed E-state index contributed by atoms with van der Waals surface area (Å²) >= 11 is 0. The molecule has 32 heavy (non-hydrogen) atoms. The fourth-order valence-corrected chi connectivity index (χ4v) is 3.58. The van der Waals surface area contributed by atoms with Crippen LogP contribution in [0.3, 0.4) is 0 Å². The zero-order chi connectivity index (χ0) is 22.1. The van der Waals surface area contributed by atoms with E-state index in [0.717, 1.165) is 10.9 Å². The van der Waals surface area contributed by atoms with E-state index in [-0.39, 0.29) is 5.56 Å². The standard InChI is InChI=1S/C25H18N4O3/c1-31-21-14-17-19(13-18(21)24(26)30)27-11-9-20(17)32-22-12-16-8-5-10-28-25(16)29-23(22)15-6-3-2-4-7-15/h2-14H,1H3,(H2,26,30). The van der Waals surface area contributed by atoms with Crippen molar-refractivity contribution in [1.82, 2.24) is 15.0 Å². The fourth-order valence-electron chi connectivity index (χ4n) is 3.58. The summed E-state index contributed by atoms with van der Waals surface area (Å²) in [6.45, 7) is 0. The smallest absolute Gasteiger partial charge is 0.252 e. The van der Waals surface area contributed by atoms with Gasteiger partial charge in [-0.15, -0.1) is 0 Å². The first-order valence-electron chi connectivity index (χ1n) is 9.89. The van der Waals surface area contributed by atoms with Crippen molar-refractivity contribution < 1.29 is 14.3 Å². The predicted octanol–water partition coefficient (Wildman–Crippen LogP) is 4.74. The summed E-state index contributed by atoms with van der Waals surface area (Å²) in [7, 11) is 1.48. The zero-order valence-corrected chi connectivity index (χ0v) is 17.1. The van der Waals surface area contributed by atoms with Gasteiger partial charge in [-0.1, -0.05) is 30.3 Å². The number of hydrogen-bond acceptors (Lipinski definition) is 6. The molecular formula is C25H18N4O3. The Bertz CT molecular complexity index is 1470. The Balaban J connectivity index is 1.70. The lowest BCUT2D eigenvalue weighted by Gasteiger charge is -2.14. The van der Waals surface area contributed by atoms with E-state index in [0.29, 0.717) is 39.5 Å². The van der Waals surface area contributed by atoms with Crippen molar-refractivity contribution in [2.45, 2.75) is 0 Å². The molecule has 0 atom stereocenters. The van der Waals surface area contributed by atoms with Crippen molar-refractivity contribution in [2.75, 3.05) is 7.11 Å². The molecule has 0 spiro atoms. The molecule has 156 valence electrons. The number of rotatable bonds is 5. The average molecular weight is 422 g/mol. The van der Waals surface area contributed by atoms with Gasteiger partial charge in [-0.3, -0.25) is 9.78 Å². The third kappa shape index (κ3) is 3.45. The summed E-state index contributed by atoms with van der Waals surface area (Å²) in [6, 6.07) is 20.5. The molecule has 3 aromatic heterocycles. The number of carbonyl (C=O) groups is 1. The lowest BCUT2D eigenvalue weighted by atomic mass is 10.1. The maximum atomic E-state index is 11.8. The summed E-state index contributed by atoms with van der Waals surface area (Å²) in [5.41, 5.74) is 8.51. The molecule has 0 saturated carbocycles. The van der Waals surface area contributed by atoms with Crippen LogP contribution in [0.25, 0.3) is 33.2 Å². The van der Waals surface area contributed by atoms with Crippen LogP contribution in [0.5, 0.6) is 17.2 Å². The Morgan fingerprint density at radius 3 is 2.50 bits per heavy atom. The van der Waals surface area contributed by atoms with Crippen LogP contribution in [0.2, 0.25) is 0 Å². The number of nitrogens with zero attached hydrogens (tertiary/aromatic N) is 3. The van der Waals surface area contributed by atoms with Crippen LogP contribution in [0.4, 0.5) is 0 Å². The van der Waals surface area contributed by atoms with Gasteiger partial charge in [0.1, 0.15) is 17.2 Å². The second-order valence-electron chi connectivity index (χ2n) is 7.10. The number of primary amides is 1. The lowest BCUT2D eigenvalue weighted by molar-refractivity contribution is 0.0997. The van der Waals surface area contributed by atoms with E-state index in [1.807, 2.05) is 48.5 Å². The molecule has 0 aliphatic carbocycles. The number of amides is 1. The minimum absolute atomic E-state index is 0.257. The molecule has 5 rings (SSSR count). The van der Waals surface area contributed by atoms with Crippen LogP contribution in [0.15, 0.2) is 79.1 Å². The minimum Gasteiger partial charge on any atom is -0.496 e. The Labute approximate surface area is 183 Å². The summed E-state index contributed by atoms with van der Waals surface area (Å²) < 4.78 is 11.7. The van der Waals surface area contributed by atoms with Gasteiger partial charge in [0.25, 0.3) is 5.91 Å². The Morgan fingerprint density at radius 1 is 0.875 bits per heavy atom. The van der Waals surface area contributed by atoms with Crippen LogP contribution >= 0.6 is 0 Å². The van der Waals surface area contributed by atoms with Crippen molar-refractivity contribution in [1.29, 1.82) is 0 Å². The van der Waals surface area contributed by atoms with Crippen molar-refractivity contribution in [3.05, 3.63) is 84.7 Å². The molecule has 0 aliphatic rings. The first-order chi connectivity index (χ1) is 15.6. The number of pyridine rings is 3. The average Bonchev–Trinajstić information content (AvgIpc) is 2.83. The van der Waals surface area contributed by atoms with E-state index in [9.17, 15) is 4.79 Å².